The Morgan fingerprint density at radius 3 is 2.88 bits per heavy atom. The lowest BCUT2D eigenvalue weighted by molar-refractivity contribution is -0.159. The normalized spacial score (nSPS) is 38.6. The molecule has 0 amide bonds. The summed E-state index contributed by atoms with van der Waals surface area (Å²) in [5.41, 5.74) is 0.272. The van der Waals surface area contributed by atoms with Gasteiger partial charge in [0.25, 0.3) is 0 Å². The van der Waals surface area contributed by atoms with Crippen LogP contribution in [0.5, 0.6) is 0 Å². The lowest BCUT2D eigenvalue weighted by Gasteiger charge is -2.43. The van der Waals surface area contributed by atoms with Crippen molar-refractivity contribution >= 4 is 5.97 Å². The Labute approximate surface area is 96.5 Å². The summed E-state index contributed by atoms with van der Waals surface area (Å²) in [6, 6.07) is 0. The largest absolute Gasteiger partial charge is 0.460 e. The van der Waals surface area contributed by atoms with E-state index < -0.39 is 6.10 Å². The van der Waals surface area contributed by atoms with E-state index in [4.69, 9.17) is 4.74 Å². The van der Waals surface area contributed by atoms with Crippen LogP contribution >= 0.6 is 0 Å². The summed E-state index contributed by atoms with van der Waals surface area (Å²) in [5.74, 6) is -0.285. The molecule has 1 spiro atoms. The first-order chi connectivity index (χ1) is 7.61. The molecule has 0 aromatic heterocycles. The maximum atomic E-state index is 11.0. The van der Waals surface area contributed by atoms with Crippen LogP contribution in [-0.4, -0.2) is 23.3 Å². The average Bonchev–Trinajstić information content (AvgIpc) is 2.24. The fraction of sp³-hybridized carbons (Fsp3) is 0.769. The number of hydrogen-bond donors (Lipinski definition) is 1. The zero-order valence-corrected chi connectivity index (χ0v) is 9.82. The minimum Gasteiger partial charge on any atom is -0.460 e. The molecule has 0 bridgehead atoms. The summed E-state index contributed by atoms with van der Waals surface area (Å²) >= 11 is 0. The van der Waals surface area contributed by atoms with Crippen molar-refractivity contribution in [2.45, 2.75) is 57.7 Å². The highest BCUT2D eigenvalue weighted by atomic mass is 16.6. The molecule has 16 heavy (non-hydrogen) atoms. The van der Waals surface area contributed by atoms with Crippen LogP contribution in [-0.2, 0) is 9.53 Å². The quantitative estimate of drug-likeness (QED) is 0.548. The van der Waals surface area contributed by atoms with Crippen molar-refractivity contribution in [1.29, 1.82) is 0 Å². The van der Waals surface area contributed by atoms with Crippen LogP contribution < -0.4 is 0 Å². The topological polar surface area (TPSA) is 46.5 Å². The minimum absolute atomic E-state index is 0.272. The van der Waals surface area contributed by atoms with Crippen molar-refractivity contribution in [1.82, 2.24) is 0 Å². The Hall–Kier alpha value is -0.830. The van der Waals surface area contributed by atoms with E-state index in [0.717, 1.165) is 38.5 Å². The maximum absolute atomic E-state index is 11.0. The molecule has 0 heterocycles. The van der Waals surface area contributed by atoms with Crippen LogP contribution in [0.3, 0.4) is 0 Å². The number of carbonyl (C=O) groups is 1. The summed E-state index contributed by atoms with van der Waals surface area (Å²) in [7, 11) is 0. The lowest BCUT2D eigenvalue weighted by Crippen LogP contribution is -2.42. The van der Waals surface area contributed by atoms with E-state index in [1.165, 1.54) is 6.92 Å². The highest BCUT2D eigenvalue weighted by Gasteiger charge is 2.41. The van der Waals surface area contributed by atoms with E-state index in [1.54, 1.807) is 0 Å². The molecule has 2 aliphatic carbocycles. The Bertz CT molecular complexity index is 298. The van der Waals surface area contributed by atoms with Crippen LogP contribution in [0.1, 0.15) is 45.4 Å². The fourth-order valence-electron chi connectivity index (χ4n) is 2.99. The SMILES string of the molecule is CC(=O)O[C@@H]1C[C@]2(CC=CCC2)CC[C@H]1O. The van der Waals surface area contributed by atoms with E-state index in [1.807, 2.05) is 0 Å². The van der Waals surface area contributed by atoms with Gasteiger partial charge in [-0.3, -0.25) is 4.79 Å². The first-order valence-electron chi connectivity index (χ1n) is 6.12. The molecule has 0 aromatic rings. The average molecular weight is 224 g/mol. The highest BCUT2D eigenvalue weighted by molar-refractivity contribution is 5.66. The smallest absolute Gasteiger partial charge is 0.302 e. The Balaban J connectivity index is 2.03. The monoisotopic (exact) mass is 224 g/mol. The molecule has 3 atom stereocenters. The van der Waals surface area contributed by atoms with Crippen molar-refractivity contribution in [3.05, 3.63) is 12.2 Å². The third-order valence-corrected chi connectivity index (χ3v) is 3.91. The van der Waals surface area contributed by atoms with Gasteiger partial charge in [-0.25, -0.2) is 0 Å². The van der Waals surface area contributed by atoms with Crippen LogP contribution in [0.4, 0.5) is 0 Å². The van der Waals surface area contributed by atoms with Gasteiger partial charge in [-0.15, -0.1) is 0 Å². The first-order valence-corrected chi connectivity index (χ1v) is 6.12. The summed E-state index contributed by atoms with van der Waals surface area (Å²) in [6.45, 7) is 1.41. The number of ether oxygens (including phenoxy) is 1. The van der Waals surface area contributed by atoms with Crippen molar-refractivity contribution in [3.8, 4) is 0 Å². The van der Waals surface area contributed by atoms with Crippen LogP contribution in [0, 0.1) is 5.41 Å². The van der Waals surface area contributed by atoms with Crippen molar-refractivity contribution < 1.29 is 14.6 Å². The molecule has 0 aliphatic heterocycles. The van der Waals surface area contributed by atoms with Crippen LogP contribution in [0.2, 0.25) is 0 Å². The summed E-state index contributed by atoms with van der Waals surface area (Å²) in [6.07, 6.45) is 9.65. The summed E-state index contributed by atoms with van der Waals surface area (Å²) in [5, 5.41) is 9.84. The Kier molecular flexibility index (Phi) is 3.33. The summed E-state index contributed by atoms with van der Waals surface area (Å²) < 4.78 is 5.22. The van der Waals surface area contributed by atoms with E-state index in [2.05, 4.69) is 12.2 Å². The zero-order chi connectivity index (χ0) is 11.6. The van der Waals surface area contributed by atoms with E-state index in [0.29, 0.717) is 0 Å². The predicted molar refractivity (Wildman–Crippen MR) is 60.8 cm³/mol. The number of rotatable bonds is 1. The third-order valence-electron chi connectivity index (χ3n) is 3.91. The van der Waals surface area contributed by atoms with E-state index in [9.17, 15) is 9.90 Å². The van der Waals surface area contributed by atoms with Gasteiger partial charge in [0, 0.05) is 6.92 Å². The maximum Gasteiger partial charge on any atom is 0.302 e. The van der Waals surface area contributed by atoms with Crippen molar-refractivity contribution in [2.75, 3.05) is 0 Å². The number of aliphatic hydroxyl groups excluding tert-OH is 1. The number of esters is 1. The van der Waals surface area contributed by atoms with Gasteiger partial charge in [-0.2, -0.15) is 0 Å². The van der Waals surface area contributed by atoms with E-state index in [-0.39, 0.29) is 17.5 Å². The standard InChI is InChI=1S/C13H20O3/c1-10(14)16-12-9-13(8-5-11(12)15)6-3-2-4-7-13/h2-3,11-12,15H,4-9H2,1H3/t11-,12-,13+/m1/s1. The number of carbonyl (C=O) groups excluding carboxylic acids is 1. The predicted octanol–water partition coefficient (Wildman–Crippen LogP) is 2.19. The highest BCUT2D eigenvalue weighted by Crippen LogP contribution is 2.46. The van der Waals surface area contributed by atoms with Gasteiger partial charge < -0.3 is 9.84 Å². The molecule has 1 fully saturated rings. The van der Waals surface area contributed by atoms with Crippen LogP contribution in [0.15, 0.2) is 12.2 Å². The van der Waals surface area contributed by atoms with Crippen LogP contribution in [0.25, 0.3) is 0 Å². The van der Waals surface area contributed by atoms with Gasteiger partial charge in [-0.05, 0) is 43.9 Å². The molecule has 2 rings (SSSR count). The first kappa shape index (κ1) is 11.6. The molecule has 2 aliphatic rings. The van der Waals surface area contributed by atoms with E-state index >= 15 is 0 Å². The Morgan fingerprint density at radius 1 is 1.44 bits per heavy atom. The second-order valence-electron chi connectivity index (χ2n) is 5.17. The molecular weight excluding hydrogens is 204 g/mol. The minimum atomic E-state index is -0.472. The second kappa shape index (κ2) is 4.58. The number of hydrogen-bond acceptors (Lipinski definition) is 3. The summed E-state index contributed by atoms with van der Waals surface area (Å²) in [4.78, 5) is 11.0. The van der Waals surface area contributed by atoms with Crippen molar-refractivity contribution in [2.24, 2.45) is 5.41 Å². The Morgan fingerprint density at radius 2 is 2.25 bits per heavy atom. The van der Waals surface area contributed by atoms with Gasteiger partial charge in [0.15, 0.2) is 0 Å². The molecule has 3 heteroatoms. The van der Waals surface area contributed by atoms with Gasteiger partial charge in [0.2, 0.25) is 0 Å². The molecule has 1 saturated carbocycles. The molecule has 90 valence electrons. The number of allylic oxidation sites excluding steroid dienone is 2. The fourth-order valence-corrected chi connectivity index (χ4v) is 2.99. The molecule has 0 radical (unpaired) electrons. The molecule has 3 nitrogen and oxygen atoms in total. The van der Waals surface area contributed by atoms with Gasteiger partial charge in [-0.1, -0.05) is 12.2 Å². The van der Waals surface area contributed by atoms with Crippen molar-refractivity contribution in [3.63, 3.8) is 0 Å². The second-order valence-corrected chi connectivity index (χ2v) is 5.17. The molecular formula is C13H20O3. The molecule has 0 aromatic carbocycles. The lowest BCUT2D eigenvalue weighted by atomic mass is 9.66. The molecule has 1 N–H and O–H groups in total. The zero-order valence-electron chi connectivity index (χ0n) is 9.82. The third kappa shape index (κ3) is 2.46. The van der Waals surface area contributed by atoms with Gasteiger partial charge in [0.05, 0.1) is 6.10 Å². The van der Waals surface area contributed by atoms with Gasteiger partial charge in [0.1, 0.15) is 6.10 Å². The van der Waals surface area contributed by atoms with Gasteiger partial charge >= 0.3 is 5.97 Å². The number of aliphatic hydroxyl groups is 1. The molecule has 0 saturated heterocycles. The molecule has 0 unspecified atom stereocenters.